The SMILES string of the molecule is CO[Si](CCC1CCC(NC(C)(C)SC)C(O)C1)(OC)OC. The van der Waals surface area contributed by atoms with Crippen LogP contribution >= 0.6 is 11.8 Å². The summed E-state index contributed by atoms with van der Waals surface area (Å²) >= 11 is 1.78. The Labute approximate surface area is 140 Å². The van der Waals surface area contributed by atoms with Gasteiger partial charge in [-0.2, -0.15) is 0 Å². The Hall–Kier alpha value is 0.367. The highest BCUT2D eigenvalue weighted by Crippen LogP contribution is 2.32. The van der Waals surface area contributed by atoms with Crippen LogP contribution in [-0.4, -0.2) is 58.5 Å². The van der Waals surface area contributed by atoms with E-state index in [1.54, 1.807) is 33.1 Å². The van der Waals surface area contributed by atoms with Gasteiger partial charge in [0.25, 0.3) is 0 Å². The first kappa shape index (κ1) is 20.4. The fourth-order valence-corrected chi connectivity index (χ4v) is 5.25. The van der Waals surface area contributed by atoms with E-state index in [1.807, 2.05) is 0 Å². The van der Waals surface area contributed by atoms with Crippen LogP contribution in [-0.2, 0) is 13.3 Å². The van der Waals surface area contributed by atoms with Gasteiger partial charge in [-0.3, -0.25) is 5.32 Å². The molecule has 0 bridgehead atoms. The fourth-order valence-electron chi connectivity index (χ4n) is 3.10. The van der Waals surface area contributed by atoms with Crippen molar-refractivity contribution in [3.8, 4) is 0 Å². The Morgan fingerprint density at radius 1 is 1.18 bits per heavy atom. The summed E-state index contributed by atoms with van der Waals surface area (Å²) in [7, 11) is 2.47. The van der Waals surface area contributed by atoms with E-state index in [4.69, 9.17) is 13.3 Å². The Morgan fingerprint density at radius 3 is 2.23 bits per heavy atom. The van der Waals surface area contributed by atoms with Crippen molar-refractivity contribution in [1.82, 2.24) is 5.32 Å². The van der Waals surface area contributed by atoms with Crippen molar-refractivity contribution in [1.29, 1.82) is 0 Å². The Bertz CT molecular complexity index is 320. The molecular weight excluding hydrogens is 318 g/mol. The zero-order valence-corrected chi connectivity index (χ0v) is 16.7. The predicted octanol–water partition coefficient (Wildman–Crippen LogP) is 2.47. The molecule has 0 aromatic rings. The lowest BCUT2D eigenvalue weighted by molar-refractivity contribution is 0.0560. The van der Waals surface area contributed by atoms with Crippen LogP contribution in [0, 0.1) is 5.92 Å². The van der Waals surface area contributed by atoms with E-state index in [0.29, 0.717) is 5.92 Å². The first-order chi connectivity index (χ1) is 10.3. The minimum absolute atomic E-state index is 0.00268. The van der Waals surface area contributed by atoms with Gasteiger partial charge in [-0.15, -0.1) is 11.8 Å². The highest BCUT2D eigenvalue weighted by atomic mass is 32.2. The summed E-state index contributed by atoms with van der Waals surface area (Å²) < 4.78 is 16.4. The minimum atomic E-state index is -2.48. The maximum atomic E-state index is 10.4. The third-order valence-corrected chi connectivity index (χ3v) is 8.67. The number of thioether (sulfide) groups is 1. The number of rotatable bonds is 9. The summed E-state index contributed by atoms with van der Waals surface area (Å²) in [6.45, 7) is 4.32. The third-order valence-electron chi connectivity index (χ3n) is 4.76. The van der Waals surface area contributed by atoms with Gasteiger partial charge in [0.2, 0.25) is 0 Å². The molecule has 2 N–H and O–H groups in total. The van der Waals surface area contributed by atoms with Crippen LogP contribution in [0.25, 0.3) is 0 Å². The molecule has 3 unspecified atom stereocenters. The zero-order valence-electron chi connectivity index (χ0n) is 14.8. The summed E-state index contributed by atoms with van der Waals surface area (Å²) in [6.07, 6.45) is 5.77. The topological polar surface area (TPSA) is 60.0 Å². The predicted molar refractivity (Wildman–Crippen MR) is 94.1 cm³/mol. The van der Waals surface area contributed by atoms with Crippen molar-refractivity contribution in [3.05, 3.63) is 0 Å². The number of hydrogen-bond donors (Lipinski definition) is 2. The average molecular weight is 352 g/mol. The Morgan fingerprint density at radius 2 is 1.77 bits per heavy atom. The van der Waals surface area contributed by atoms with Gasteiger partial charge in [0.1, 0.15) is 0 Å². The second kappa shape index (κ2) is 9.01. The smallest absolute Gasteiger partial charge is 0.391 e. The van der Waals surface area contributed by atoms with Crippen LogP contribution in [0.2, 0.25) is 6.04 Å². The van der Waals surface area contributed by atoms with Crippen molar-refractivity contribution in [2.75, 3.05) is 27.6 Å². The van der Waals surface area contributed by atoms with Crippen LogP contribution in [0.4, 0.5) is 0 Å². The molecular formula is C15H33NO4SSi. The van der Waals surface area contributed by atoms with Crippen LogP contribution in [0.3, 0.4) is 0 Å². The molecule has 1 fully saturated rings. The lowest BCUT2D eigenvalue weighted by Crippen LogP contribution is -2.51. The molecule has 0 amide bonds. The summed E-state index contributed by atoms with van der Waals surface area (Å²) in [5, 5.41) is 14.0. The molecule has 0 heterocycles. The molecule has 0 aliphatic heterocycles. The maximum Gasteiger partial charge on any atom is 0.500 e. The highest BCUT2D eigenvalue weighted by molar-refractivity contribution is 7.99. The second-order valence-electron chi connectivity index (χ2n) is 6.55. The van der Waals surface area contributed by atoms with Gasteiger partial charge in [-0.1, -0.05) is 0 Å². The van der Waals surface area contributed by atoms with Gasteiger partial charge < -0.3 is 18.4 Å². The van der Waals surface area contributed by atoms with Gasteiger partial charge in [-0.05, 0) is 51.7 Å². The molecule has 132 valence electrons. The molecule has 0 saturated heterocycles. The van der Waals surface area contributed by atoms with Crippen LogP contribution in [0.5, 0.6) is 0 Å². The second-order valence-corrected chi connectivity index (χ2v) is 11.1. The van der Waals surface area contributed by atoms with Crippen LogP contribution in [0.15, 0.2) is 0 Å². The molecule has 1 rings (SSSR count). The fraction of sp³-hybridized carbons (Fsp3) is 1.00. The van der Waals surface area contributed by atoms with Gasteiger partial charge in [0.05, 0.1) is 11.0 Å². The van der Waals surface area contributed by atoms with Crippen molar-refractivity contribution in [2.24, 2.45) is 5.92 Å². The maximum absolute atomic E-state index is 10.4. The Kier molecular flexibility index (Phi) is 8.36. The minimum Gasteiger partial charge on any atom is -0.391 e. The molecule has 0 aromatic carbocycles. The van der Waals surface area contributed by atoms with E-state index in [1.165, 1.54) is 0 Å². The van der Waals surface area contributed by atoms with Crippen LogP contribution < -0.4 is 5.32 Å². The molecule has 1 aliphatic carbocycles. The first-order valence-electron chi connectivity index (χ1n) is 7.97. The van der Waals surface area contributed by atoms with Gasteiger partial charge in [0, 0.05) is 33.4 Å². The summed E-state index contributed by atoms with van der Waals surface area (Å²) in [6, 6.07) is 0.996. The number of nitrogens with one attached hydrogen (secondary N) is 1. The molecule has 22 heavy (non-hydrogen) atoms. The normalized spacial score (nSPS) is 27.1. The molecule has 1 saturated carbocycles. The molecule has 0 spiro atoms. The van der Waals surface area contributed by atoms with Gasteiger partial charge in [0.15, 0.2) is 0 Å². The summed E-state index contributed by atoms with van der Waals surface area (Å²) in [4.78, 5) is 0.00268. The summed E-state index contributed by atoms with van der Waals surface area (Å²) in [5.41, 5.74) is 0. The van der Waals surface area contributed by atoms with E-state index < -0.39 is 8.80 Å². The van der Waals surface area contributed by atoms with Crippen molar-refractivity contribution in [2.45, 2.75) is 62.6 Å². The lowest BCUT2D eigenvalue weighted by Gasteiger charge is -2.39. The number of aliphatic hydroxyl groups is 1. The van der Waals surface area contributed by atoms with Gasteiger partial charge >= 0.3 is 8.80 Å². The summed E-state index contributed by atoms with van der Waals surface area (Å²) in [5.74, 6) is 0.512. The molecule has 1 aliphatic rings. The molecule has 5 nitrogen and oxygen atoms in total. The van der Waals surface area contributed by atoms with E-state index in [-0.39, 0.29) is 17.0 Å². The first-order valence-corrected chi connectivity index (χ1v) is 11.1. The van der Waals surface area contributed by atoms with E-state index in [0.717, 1.165) is 31.7 Å². The molecule has 7 heteroatoms. The monoisotopic (exact) mass is 351 g/mol. The molecule has 0 aromatic heterocycles. The van der Waals surface area contributed by atoms with Crippen molar-refractivity contribution < 1.29 is 18.4 Å². The highest BCUT2D eigenvalue weighted by Gasteiger charge is 2.39. The third kappa shape index (κ3) is 5.78. The standard InChI is InChI=1S/C15H33NO4SSi/c1-15(2,21-6)16-13-8-7-12(11-14(13)17)9-10-22(18-3,19-4)20-5/h12-14,16-17H,7-11H2,1-6H3. The number of hydrogen-bond acceptors (Lipinski definition) is 6. The van der Waals surface area contributed by atoms with Crippen molar-refractivity contribution in [3.63, 3.8) is 0 Å². The van der Waals surface area contributed by atoms with Crippen molar-refractivity contribution >= 4 is 20.6 Å². The van der Waals surface area contributed by atoms with Crippen LogP contribution in [0.1, 0.15) is 39.5 Å². The zero-order chi connectivity index (χ0) is 16.8. The quantitative estimate of drug-likeness (QED) is 0.492. The van der Waals surface area contributed by atoms with Gasteiger partial charge in [-0.25, -0.2) is 0 Å². The van der Waals surface area contributed by atoms with E-state index in [9.17, 15) is 5.11 Å². The number of aliphatic hydroxyl groups excluding tert-OH is 1. The molecule has 0 radical (unpaired) electrons. The Balaban J connectivity index is 2.46. The lowest BCUT2D eigenvalue weighted by atomic mass is 9.82. The largest absolute Gasteiger partial charge is 0.500 e. The van der Waals surface area contributed by atoms with E-state index >= 15 is 0 Å². The van der Waals surface area contributed by atoms with E-state index in [2.05, 4.69) is 25.4 Å². The molecule has 3 atom stereocenters. The average Bonchev–Trinajstić information content (AvgIpc) is 2.51.